The zero-order valence-corrected chi connectivity index (χ0v) is 15.2. The van der Waals surface area contributed by atoms with E-state index >= 15 is 0 Å². The quantitative estimate of drug-likeness (QED) is 0.167. The van der Waals surface area contributed by atoms with Crippen molar-refractivity contribution in [1.29, 1.82) is 0 Å². The molecule has 0 aliphatic rings. The van der Waals surface area contributed by atoms with Crippen molar-refractivity contribution in [3.05, 3.63) is 0 Å². The third-order valence-electron chi connectivity index (χ3n) is 1.69. The maximum absolute atomic E-state index is 11.2. The van der Waals surface area contributed by atoms with Gasteiger partial charge in [0, 0.05) is 0 Å². The van der Waals surface area contributed by atoms with Gasteiger partial charge >= 0.3 is 73.0 Å². The summed E-state index contributed by atoms with van der Waals surface area (Å²) in [4.78, 5) is 36.7. The maximum Gasteiger partial charge on any atom is 1.00 e. The molecule has 7 N–H and O–H groups in total. The van der Waals surface area contributed by atoms with Crippen LogP contribution < -0.4 is 62.9 Å². The standard InChI is InChI=1S/C6H16N2O8P2.K.H/c7-4-2-1-3-5(8)6(9)15-18(13,14)16-17(10,11)12;;/h5H,1-4,7-8H2,(H,13,14)(H2,10,11,12);;/q;+1;-1/t5-;;/m0../s1. The van der Waals surface area contributed by atoms with E-state index in [1.165, 1.54) is 0 Å². The Hall–Kier alpha value is 1.33. The molecule has 0 amide bonds. The average Bonchev–Trinajstić information content (AvgIpc) is 2.12. The van der Waals surface area contributed by atoms with Crippen LogP contribution in [0.3, 0.4) is 0 Å². The van der Waals surface area contributed by atoms with Gasteiger partial charge in [0.2, 0.25) is 0 Å². The summed E-state index contributed by atoms with van der Waals surface area (Å²) < 4.78 is 28.6. The zero-order valence-electron chi connectivity index (χ0n) is 11.3. The molecule has 0 aromatic carbocycles. The van der Waals surface area contributed by atoms with Crippen LogP contribution in [0.2, 0.25) is 0 Å². The monoisotopic (exact) mass is 346 g/mol. The number of hydrogen-bond donors (Lipinski definition) is 5. The molecule has 0 heterocycles. The summed E-state index contributed by atoms with van der Waals surface area (Å²) in [5.41, 5.74) is 10.5. The van der Waals surface area contributed by atoms with Gasteiger partial charge in [0.15, 0.2) is 0 Å². The second-order valence-electron chi connectivity index (χ2n) is 3.34. The number of hydrogen-bond acceptors (Lipinski definition) is 7. The molecule has 1 unspecified atom stereocenters. The summed E-state index contributed by atoms with van der Waals surface area (Å²) >= 11 is 0. The second kappa shape index (κ2) is 10.1. The fraction of sp³-hybridized carbons (Fsp3) is 0.833. The Labute approximate surface area is 154 Å². The minimum atomic E-state index is -5.25. The summed E-state index contributed by atoms with van der Waals surface area (Å²) in [7, 11) is -10.4. The fourth-order valence-corrected chi connectivity index (χ4v) is 2.53. The first kappa shape index (κ1) is 22.6. The Morgan fingerprint density at radius 1 is 1.26 bits per heavy atom. The van der Waals surface area contributed by atoms with Gasteiger partial charge in [-0.25, -0.2) is 13.9 Å². The van der Waals surface area contributed by atoms with Crippen molar-refractivity contribution in [2.45, 2.75) is 25.3 Å². The molecule has 19 heavy (non-hydrogen) atoms. The van der Waals surface area contributed by atoms with E-state index in [0.717, 1.165) is 0 Å². The molecule has 0 aromatic heterocycles. The van der Waals surface area contributed by atoms with E-state index in [0.29, 0.717) is 19.4 Å². The molecular weight excluding hydrogens is 329 g/mol. The van der Waals surface area contributed by atoms with Crippen LogP contribution in [0.4, 0.5) is 0 Å². The van der Waals surface area contributed by atoms with Crippen molar-refractivity contribution < 1.29 is 90.3 Å². The van der Waals surface area contributed by atoms with Crippen molar-refractivity contribution in [3.8, 4) is 0 Å². The van der Waals surface area contributed by atoms with Crippen LogP contribution in [0.15, 0.2) is 0 Å². The van der Waals surface area contributed by atoms with Crippen LogP contribution in [0.1, 0.15) is 20.7 Å². The van der Waals surface area contributed by atoms with E-state index < -0.39 is 27.7 Å². The molecule has 0 saturated heterocycles. The molecule has 0 radical (unpaired) electrons. The molecule has 0 saturated carbocycles. The molecular formula is C6H17KN2O8P2. The molecule has 10 nitrogen and oxygen atoms in total. The third kappa shape index (κ3) is 12.8. The molecule has 13 heteroatoms. The predicted molar refractivity (Wildman–Crippen MR) is 61.0 cm³/mol. The second-order valence-corrected chi connectivity index (χ2v) is 6.10. The molecule has 0 spiro atoms. The van der Waals surface area contributed by atoms with Crippen LogP contribution in [0, 0.1) is 0 Å². The number of phosphoric ester groups is 1. The topological polar surface area (TPSA) is 182 Å². The molecule has 110 valence electrons. The number of phosphoric acid groups is 2. The third-order valence-corrected chi connectivity index (χ3v) is 3.77. The Morgan fingerprint density at radius 3 is 2.21 bits per heavy atom. The van der Waals surface area contributed by atoms with Crippen LogP contribution >= 0.6 is 15.6 Å². The molecule has 0 aliphatic heterocycles. The number of rotatable bonds is 8. The summed E-state index contributed by atoms with van der Waals surface area (Å²) in [6.07, 6.45) is 1.27. The zero-order chi connectivity index (χ0) is 14.4. The van der Waals surface area contributed by atoms with Crippen molar-refractivity contribution >= 4 is 21.6 Å². The van der Waals surface area contributed by atoms with Gasteiger partial charge < -0.3 is 27.2 Å². The van der Waals surface area contributed by atoms with Gasteiger partial charge in [-0.05, 0) is 19.4 Å². The van der Waals surface area contributed by atoms with Gasteiger partial charge in [-0.1, -0.05) is 6.42 Å². The van der Waals surface area contributed by atoms with Crippen molar-refractivity contribution in [2.24, 2.45) is 11.5 Å². The van der Waals surface area contributed by atoms with Gasteiger partial charge in [0.05, 0.1) is 0 Å². The Morgan fingerprint density at radius 2 is 1.79 bits per heavy atom. The SMILES string of the molecule is NCCCC[C@H](N)C(=O)OP(=O)(O)OP(=O)(O)O.[H-].[K+]. The molecule has 2 atom stereocenters. The normalized spacial score (nSPS) is 16.1. The van der Waals surface area contributed by atoms with Gasteiger partial charge in [0.1, 0.15) is 6.04 Å². The van der Waals surface area contributed by atoms with E-state index in [-0.39, 0.29) is 59.2 Å². The van der Waals surface area contributed by atoms with Crippen LogP contribution in [-0.4, -0.2) is 33.2 Å². The molecule has 0 aliphatic carbocycles. The summed E-state index contributed by atoms with van der Waals surface area (Å²) in [6.45, 7) is 0.404. The van der Waals surface area contributed by atoms with Gasteiger partial charge in [-0.15, -0.1) is 0 Å². The first-order valence-electron chi connectivity index (χ1n) is 4.86. The molecule has 0 fully saturated rings. The predicted octanol–water partition coefficient (Wildman–Crippen LogP) is -3.69. The molecule has 0 rings (SSSR count). The van der Waals surface area contributed by atoms with Crippen molar-refractivity contribution in [3.63, 3.8) is 0 Å². The largest absolute Gasteiger partial charge is 1.00 e. The van der Waals surface area contributed by atoms with Gasteiger partial charge in [-0.3, -0.25) is 4.89 Å². The van der Waals surface area contributed by atoms with E-state index in [1.54, 1.807) is 0 Å². The van der Waals surface area contributed by atoms with Crippen LogP contribution in [-0.2, 0) is 22.8 Å². The number of carbonyl (C=O) groups is 1. The van der Waals surface area contributed by atoms with Gasteiger partial charge in [-0.2, -0.15) is 4.31 Å². The molecule has 0 bridgehead atoms. The first-order valence-corrected chi connectivity index (χ1v) is 7.89. The number of nitrogens with two attached hydrogens (primary N) is 2. The van der Waals surface area contributed by atoms with E-state index in [9.17, 15) is 13.9 Å². The van der Waals surface area contributed by atoms with E-state index in [4.69, 9.17) is 26.1 Å². The van der Waals surface area contributed by atoms with Crippen molar-refractivity contribution in [2.75, 3.05) is 6.54 Å². The first-order chi connectivity index (χ1) is 8.07. The van der Waals surface area contributed by atoms with Crippen LogP contribution in [0.5, 0.6) is 0 Å². The average molecular weight is 346 g/mol. The fourth-order valence-electron chi connectivity index (χ4n) is 0.959. The Kier molecular flexibility index (Phi) is 12.0. The van der Waals surface area contributed by atoms with Crippen molar-refractivity contribution in [1.82, 2.24) is 0 Å². The number of unbranched alkanes of at least 4 members (excludes halogenated alkanes) is 1. The maximum atomic E-state index is 11.2. The van der Waals surface area contributed by atoms with E-state index in [2.05, 4.69) is 8.83 Å². The van der Waals surface area contributed by atoms with Gasteiger partial charge in [0.25, 0.3) is 0 Å². The minimum absolute atomic E-state index is 0. The Bertz CT molecular complexity index is 380. The summed E-state index contributed by atoms with van der Waals surface area (Å²) in [5.74, 6) is -1.29. The summed E-state index contributed by atoms with van der Waals surface area (Å²) in [5, 5.41) is 0. The Balaban J connectivity index is -0.00000144. The summed E-state index contributed by atoms with van der Waals surface area (Å²) in [6, 6.07) is -1.20. The minimum Gasteiger partial charge on any atom is -1.00 e. The van der Waals surface area contributed by atoms with Crippen LogP contribution in [0.25, 0.3) is 0 Å². The number of carbonyl (C=O) groups excluding carboxylic acids is 1. The molecule has 0 aromatic rings. The van der Waals surface area contributed by atoms with E-state index in [1.807, 2.05) is 0 Å². The smallest absolute Gasteiger partial charge is 1.00 e.